The lowest BCUT2D eigenvalue weighted by molar-refractivity contribution is -0.146. The third-order valence-corrected chi connectivity index (χ3v) is 11.4. The van der Waals surface area contributed by atoms with Crippen molar-refractivity contribution in [3.63, 3.8) is 0 Å². The second-order valence-corrected chi connectivity index (χ2v) is 14.7. The molecule has 0 spiro atoms. The minimum atomic E-state index is -4.80. The zero-order chi connectivity index (χ0) is 38.7. The number of carbonyl (C=O) groups excluding carboxylic acids is 1. The van der Waals surface area contributed by atoms with Gasteiger partial charge >= 0.3 is 6.18 Å². The molecule has 2 aliphatic rings. The second kappa shape index (κ2) is 16.3. The van der Waals surface area contributed by atoms with E-state index in [1.807, 2.05) is 37.3 Å². The van der Waals surface area contributed by atoms with E-state index in [0.717, 1.165) is 68.1 Å². The van der Waals surface area contributed by atoms with Gasteiger partial charge in [-0.3, -0.25) is 4.79 Å². The molecule has 4 heterocycles. The minimum absolute atomic E-state index is 0.0171. The first-order chi connectivity index (χ1) is 26.5. The number of likely N-dealkylation sites (tertiary alicyclic amines) is 1. The molecule has 0 saturated carbocycles. The number of alkyl halides is 3. The van der Waals surface area contributed by atoms with Gasteiger partial charge in [0.1, 0.15) is 5.75 Å². The number of hydrogen-bond donors (Lipinski definition) is 0. The number of tetrazole rings is 1. The average molecular weight is 801 g/mol. The maximum Gasteiger partial charge on any atom is 0.453 e. The molecule has 2 saturated heterocycles. The summed E-state index contributed by atoms with van der Waals surface area (Å²) in [6.45, 7) is 8.92. The standard InChI is InChI=1S/C38H42Cl2F3N9O3/c1-3-55-22-21-51-32-8-5-4-7-31(32)44-36(51)49-16-6-15-48(19-20-49)17-13-37(26-9-11-29(39)30(40)23-26)14-18-50(25-37)34(53)28-24-27(10-12-33(28)54-2)52-35(38(41,42)43)45-46-47-52/h4-5,7-12,23-24H,3,6,13-22,25H2,1-2H3. The van der Waals surface area contributed by atoms with Gasteiger partial charge in [0.05, 0.1) is 46.0 Å². The number of methoxy groups -OCH3 is 1. The highest BCUT2D eigenvalue weighted by Gasteiger charge is 2.43. The maximum absolute atomic E-state index is 14.3. The fourth-order valence-electron chi connectivity index (χ4n) is 7.75. The van der Waals surface area contributed by atoms with Gasteiger partial charge in [-0.25, -0.2) is 4.98 Å². The van der Waals surface area contributed by atoms with Crippen LogP contribution in [0.1, 0.15) is 47.9 Å². The number of carbonyl (C=O) groups is 1. The van der Waals surface area contributed by atoms with Gasteiger partial charge in [0.25, 0.3) is 11.7 Å². The van der Waals surface area contributed by atoms with Crippen LogP contribution >= 0.6 is 23.2 Å². The summed E-state index contributed by atoms with van der Waals surface area (Å²) in [6.07, 6.45) is -2.47. The van der Waals surface area contributed by atoms with Crippen LogP contribution in [0.25, 0.3) is 16.7 Å². The number of amides is 1. The van der Waals surface area contributed by atoms with Crippen molar-refractivity contribution < 1.29 is 27.4 Å². The van der Waals surface area contributed by atoms with Gasteiger partial charge in [-0.05, 0) is 97.7 Å². The van der Waals surface area contributed by atoms with Crippen LogP contribution in [0.4, 0.5) is 19.1 Å². The number of anilines is 1. The third-order valence-electron chi connectivity index (χ3n) is 10.6. The molecule has 1 atom stereocenters. The fourth-order valence-corrected chi connectivity index (χ4v) is 8.05. The summed E-state index contributed by atoms with van der Waals surface area (Å²) in [7, 11) is 1.41. The molecule has 55 heavy (non-hydrogen) atoms. The third kappa shape index (κ3) is 8.11. The van der Waals surface area contributed by atoms with Crippen LogP contribution in [0, 0.1) is 0 Å². The van der Waals surface area contributed by atoms with Gasteiger partial charge in [-0.2, -0.15) is 17.9 Å². The zero-order valence-corrected chi connectivity index (χ0v) is 32.1. The molecule has 0 aliphatic carbocycles. The Morgan fingerprint density at radius 2 is 1.80 bits per heavy atom. The summed E-state index contributed by atoms with van der Waals surface area (Å²) in [4.78, 5) is 25.8. The molecule has 5 aromatic rings. The van der Waals surface area contributed by atoms with Gasteiger partial charge in [-0.1, -0.05) is 41.4 Å². The largest absolute Gasteiger partial charge is 0.496 e. The van der Waals surface area contributed by atoms with Crippen molar-refractivity contribution in [3.05, 3.63) is 87.7 Å². The van der Waals surface area contributed by atoms with Crippen LogP contribution in [-0.2, 0) is 22.9 Å². The number of rotatable bonds is 12. The van der Waals surface area contributed by atoms with Gasteiger partial charge in [-0.15, -0.1) is 5.10 Å². The Labute approximate surface area is 326 Å². The van der Waals surface area contributed by atoms with Crippen molar-refractivity contribution in [1.29, 1.82) is 0 Å². The Balaban J connectivity index is 1.10. The number of fused-ring (bicyclic) bond motifs is 1. The Bertz CT molecular complexity index is 2140. The maximum atomic E-state index is 14.3. The van der Waals surface area contributed by atoms with Crippen molar-refractivity contribution in [3.8, 4) is 11.4 Å². The Morgan fingerprint density at radius 3 is 2.58 bits per heavy atom. The summed E-state index contributed by atoms with van der Waals surface area (Å²) < 4.78 is 55.0. The number of halogens is 5. The van der Waals surface area contributed by atoms with E-state index in [-0.39, 0.29) is 22.9 Å². The predicted molar refractivity (Wildman–Crippen MR) is 203 cm³/mol. The van der Waals surface area contributed by atoms with Crippen LogP contribution in [0.5, 0.6) is 5.75 Å². The molecule has 7 rings (SSSR count). The first kappa shape index (κ1) is 38.8. The Morgan fingerprint density at radius 1 is 0.964 bits per heavy atom. The smallest absolute Gasteiger partial charge is 0.453 e. The number of aromatic nitrogens is 6. The Kier molecular flexibility index (Phi) is 11.5. The van der Waals surface area contributed by atoms with Gasteiger partial charge in [0, 0.05) is 51.3 Å². The lowest BCUT2D eigenvalue weighted by Crippen LogP contribution is -2.39. The molecule has 2 fully saturated rings. The number of nitrogens with zero attached hydrogens (tertiary/aromatic N) is 9. The molecular formula is C38H42Cl2F3N9O3. The molecule has 17 heteroatoms. The summed E-state index contributed by atoms with van der Waals surface area (Å²) in [5.41, 5.74) is 2.65. The minimum Gasteiger partial charge on any atom is -0.496 e. The number of para-hydroxylation sites is 2. The van der Waals surface area contributed by atoms with Crippen molar-refractivity contribution in [2.45, 2.75) is 44.3 Å². The van der Waals surface area contributed by atoms with E-state index >= 15 is 0 Å². The molecule has 0 radical (unpaired) electrons. The predicted octanol–water partition coefficient (Wildman–Crippen LogP) is 6.77. The number of benzene rings is 3. The van der Waals surface area contributed by atoms with E-state index in [9.17, 15) is 18.0 Å². The van der Waals surface area contributed by atoms with Crippen molar-refractivity contribution in [2.24, 2.45) is 0 Å². The van der Waals surface area contributed by atoms with Crippen molar-refractivity contribution in [2.75, 3.05) is 71.0 Å². The normalized spacial score (nSPS) is 18.3. The van der Waals surface area contributed by atoms with Gasteiger partial charge in [0.15, 0.2) is 0 Å². The lowest BCUT2D eigenvalue weighted by Gasteiger charge is -2.33. The molecule has 3 aromatic carbocycles. The molecule has 2 aromatic heterocycles. The van der Waals surface area contributed by atoms with Crippen LogP contribution < -0.4 is 9.64 Å². The topological polar surface area (TPSA) is 107 Å². The highest BCUT2D eigenvalue weighted by Crippen LogP contribution is 2.41. The molecule has 12 nitrogen and oxygen atoms in total. The van der Waals surface area contributed by atoms with Gasteiger partial charge in [0.2, 0.25) is 5.95 Å². The Hall–Kier alpha value is -4.44. The van der Waals surface area contributed by atoms with E-state index < -0.39 is 17.4 Å². The molecule has 0 bridgehead atoms. The van der Waals surface area contributed by atoms with Crippen molar-refractivity contribution >= 4 is 46.1 Å². The van der Waals surface area contributed by atoms with Gasteiger partial charge < -0.3 is 28.7 Å². The van der Waals surface area contributed by atoms with E-state index in [1.165, 1.54) is 25.3 Å². The molecule has 292 valence electrons. The van der Waals surface area contributed by atoms with E-state index in [0.29, 0.717) is 54.0 Å². The first-order valence-electron chi connectivity index (χ1n) is 18.3. The monoisotopic (exact) mass is 799 g/mol. The quantitative estimate of drug-likeness (QED) is 0.127. The molecule has 0 N–H and O–H groups in total. The van der Waals surface area contributed by atoms with Crippen molar-refractivity contribution in [1.82, 2.24) is 39.6 Å². The lowest BCUT2D eigenvalue weighted by atomic mass is 9.76. The molecular weight excluding hydrogens is 758 g/mol. The van der Waals surface area contributed by atoms with Crippen LogP contribution in [0.15, 0.2) is 60.7 Å². The van der Waals surface area contributed by atoms with Crippen LogP contribution in [0.3, 0.4) is 0 Å². The number of hydrogen-bond acceptors (Lipinski definition) is 9. The van der Waals surface area contributed by atoms with Crippen LogP contribution in [0.2, 0.25) is 10.0 Å². The van der Waals surface area contributed by atoms with E-state index in [2.05, 4.69) is 36.0 Å². The summed E-state index contributed by atoms with van der Waals surface area (Å²) in [6, 6.07) is 18.0. The summed E-state index contributed by atoms with van der Waals surface area (Å²) >= 11 is 12.9. The molecule has 2 aliphatic heterocycles. The SMILES string of the molecule is CCOCCn1c(N2CCCN(CCC3(c4ccc(Cl)c(Cl)c4)CCN(C(=O)c4cc(-n5nnnc5C(F)(F)F)ccc4OC)C3)CC2)nc2ccccc21. The van der Waals surface area contributed by atoms with Crippen LogP contribution in [-0.4, -0.2) is 112 Å². The zero-order valence-electron chi connectivity index (χ0n) is 30.6. The summed E-state index contributed by atoms with van der Waals surface area (Å²) in [5.74, 6) is -0.496. The van der Waals surface area contributed by atoms with E-state index in [4.69, 9.17) is 37.7 Å². The molecule has 1 amide bonds. The highest BCUT2D eigenvalue weighted by molar-refractivity contribution is 6.42. The van der Waals surface area contributed by atoms with E-state index in [1.54, 1.807) is 11.0 Å². The first-order valence-corrected chi connectivity index (χ1v) is 19.1. The summed E-state index contributed by atoms with van der Waals surface area (Å²) in [5, 5.41) is 10.8. The molecule has 1 unspecified atom stereocenters. The highest BCUT2D eigenvalue weighted by atomic mass is 35.5. The number of ether oxygens (including phenoxy) is 2. The number of imidazole rings is 1. The average Bonchev–Trinajstić information content (AvgIpc) is 3.90. The fraction of sp³-hybridized carbons (Fsp3) is 0.447. The second-order valence-electron chi connectivity index (χ2n) is 13.9.